The van der Waals surface area contributed by atoms with Crippen molar-refractivity contribution in [1.82, 2.24) is 20.4 Å². The largest absolute Gasteiger partial charge is 0.476 e. The SMILES string of the molecule is Cn1nc(C(=O)O)cc1NC(=O)CNC(=O)CNC(=O)OCC1c2ccccc2-c2ccccc21. The molecule has 1 heterocycles. The topological polar surface area (TPSA) is 152 Å². The number of alkyl carbamates (subject to hydrolysis) is 1. The number of nitrogens with zero attached hydrogens (tertiary/aromatic N) is 2. The Morgan fingerprint density at radius 1 is 0.943 bits per heavy atom. The number of amides is 3. The fourth-order valence-corrected chi connectivity index (χ4v) is 3.92. The zero-order valence-corrected chi connectivity index (χ0v) is 18.8. The molecule has 3 aromatic rings. The van der Waals surface area contributed by atoms with Gasteiger partial charge in [0.1, 0.15) is 19.0 Å². The quantitative estimate of drug-likeness (QED) is 0.385. The molecule has 4 N–H and O–H groups in total. The highest BCUT2D eigenvalue weighted by Gasteiger charge is 2.29. The van der Waals surface area contributed by atoms with Gasteiger partial charge in [0.25, 0.3) is 0 Å². The number of carbonyl (C=O) groups excluding carboxylic acids is 3. The summed E-state index contributed by atoms with van der Waals surface area (Å²) in [5.74, 6) is -2.34. The van der Waals surface area contributed by atoms with Crippen molar-refractivity contribution in [3.63, 3.8) is 0 Å². The molecule has 180 valence electrons. The number of hydrogen-bond acceptors (Lipinski definition) is 6. The van der Waals surface area contributed by atoms with Crippen LogP contribution in [0.5, 0.6) is 0 Å². The van der Waals surface area contributed by atoms with Crippen LogP contribution in [0, 0.1) is 0 Å². The fraction of sp³-hybridized carbons (Fsp3) is 0.208. The van der Waals surface area contributed by atoms with E-state index in [-0.39, 0.29) is 37.1 Å². The van der Waals surface area contributed by atoms with Crippen LogP contribution in [0.4, 0.5) is 10.6 Å². The highest BCUT2D eigenvalue weighted by atomic mass is 16.5. The number of carbonyl (C=O) groups is 4. The van der Waals surface area contributed by atoms with Gasteiger partial charge in [-0.25, -0.2) is 9.59 Å². The van der Waals surface area contributed by atoms with Crippen molar-refractivity contribution in [1.29, 1.82) is 0 Å². The van der Waals surface area contributed by atoms with Gasteiger partial charge in [-0.2, -0.15) is 5.10 Å². The third-order valence-electron chi connectivity index (χ3n) is 5.55. The minimum Gasteiger partial charge on any atom is -0.476 e. The molecule has 0 aliphatic heterocycles. The number of benzene rings is 2. The van der Waals surface area contributed by atoms with E-state index in [0.717, 1.165) is 22.3 Å². The molecule has 0 unspecified atom stereocenters. The summed E-state index contributed by atoms with van der Waals surface area (Å²) in [5.41, 5.74) is 4.16. The van der Waals surface area contributed by atoms with Crippen molar-refractivity contribution >= 4 is 29.7 Å². The van der Waals surface area contributed by atoms with Crippen LogP contribution in [-0.4, -0.2) is 58.5 Å². The molecule has 0 fully saturated rings. The van der Waals surface area contributed by atoms with Gasteiger partial charge < -0.3 is 25.8 Å². The number of fused-ring (bicyclic) bond motifs is 3. The van der Waals surface area contributed by atoms with Crippen LogP contribution >= 0.6 is 0 Å². The van der Waals surface area contributed by atoms with Crippen LogP contribution < -0.4 is 16.0 Å². The van der Waals surface area contributed by atoms with Crippen molar-refractivity contribution in [3.8, 4) is 11.1 Å². The first kappa shape index (κ1) is 23.5. The molecule has 0 spiro atoms. The maximum absolute atomic E-state index is 12.2. The third-order valence-corrected chi connectivity index (χ3v) is 5.55. The predicted molar refractivity (Wildman–Crippen MR) is 125 cm³/mol. The lowest BCUT2D eigenvalue weighted by atomic mass is 9.98. The van der Waals surface area contributed by atoms with Crippen LogP contribution in [0.1, 0.15) is 27.5 Å². The van der Waals surface area contributed by atoms with Crippen molar-refractivity contribution in [2.24, 2.45) is 7.05 Å². The molecular weight excluding hydrogens is 454 g/mol. The smallest absolute Gasteiger partial charge is 0.407 e. The van der Waals surface area contributed by atoms with E-state index in [4.69, 9.17) is 9.84 Å². The molecule has 1 aliphatic carbocycles. The van der Waals surface area contributed by atoms with E-state index in [1.807, 2.05) is 48.5 Å². The van der Waals surface area contributed by atoms with E-state index in [1.54, 1.807) is 0 Å². The first-order valence-corrected chi connectivity index (χ1v) is 10.8. The van der Waals surface area contributed by atoms with Gasteiger partial charge in [-0.1, -0.05) is 48.5 Å². The molecule has 0 atom stereocenters. The van der Waals surface area contributed by atoms with Gasteiger partial charge in [0, 0.05) is 19.0 Å². The van der Waals surface area contributed by atoms with Crippen molar-refractivity contribution in [2.75, 3.05) is 25.0 Å². The van der Waals surface area contributed by atoms with Gasteiger partial charge in [-0.15, -0.1) is 0 Å². The summed E-state index contributed by atoms with van der Waals surface area (Å²) in [6, 6.07) is 17.1. The van der Waals surface area contributed by atoms with Gasteiger partial charge in [0.05, 0.1) is 6.54 Å². The summed E-state index contributed by atoms with van der Waals surface area (Å²) in [7, 11) is 1.47. The number of rotatable bonds is 8. The van der Waals surface area contributed by atoms with E-state index in [2.05, 4.69) is 21.0 Å². The summed E-state index contributed by atoms with van der Waals surface area (Å²) >= 11 is 0. The summed E-state index contributed by atoms with van der Waals surface area (Å²) in [5, 5.41) is 19.8. The molecule has 2 aromatic carbocycles. The molecule has 0 radical (unpaired) electrons. The van der Waals surface area contributed by atoms with E-state index >= 15 is 0 Å². The third kappa shape index (κ3) is 5.29. The number of aromatic carboxylic acids is 1. The number of hydrogen-bond donors (Lipinski definition) is 4. The monoisotopic (exact) mass is 477 g/mol. The molecule has 35 heavy (non-hydrogen) atoms. The molecule has 1 aromatic heterocycles. The van der Waals surface area contributed by atoms with Crippen molar-refractivity contribution in [3.05, 3.63) is 71.4 Å². The number of ether oxygens (including phenoxy) is 1. The Morgan fingerprint density at radius 2 is 1.54 bits per heavy atom. The van der Waals surface area contributed by atoms with E-state index in [0.29, 0.717) is 0 Å². The number of aryl methyl sites for hydroxylation is 1. The van der Waals surface area contributed by atoms with Gasteiger partial charge in [-0.3, -0.25) is 14.3 Å². The molecule has 11 heteroatoms. The summed E-state index contributed by atoms with van der Waals surface area (Å²) in [4.78, 5) is 47.1. The Morgan fingerprint density at radius 3 is 2.14 bits per heavy atom. The molecule has 4 rings (SSSR count). The maximum atomic E-state index is 12.2. The highest BCUT2D eigenvalue weighted by Crippen LogP contribution is 2.44. The number of carboxylic acids is 1. The predicted octanol–water partition coefficient (Wildman–Crippen LogP) is 1.71. The number of aromatic nitrogens is 2. The second-order valence-corrected chi connectivity index (χ2v) is 7.85. The Hall–Kier alpha value is -4.67. The van der Waals surface area contributed by atoms with Gasteiger partial charge >= 0.3 is 12.1 Å². The Bertz CT molecular complexity index is 1260. The number of carboxylic acid groups (broad SMARTS) is 1. The normalized spacial score (nSPS) is 11.8. The Kier molecular flexibility index (Phi) is 6.76. The zero-order chi connectivity index (χ0) is 24.9. The lowest BCUT2D eigenvalue weighted by Crippen LogP contribution is -2.40. The summed E-state index contributed by atoms with van der Waals surface area (Å²) in [6.45, 7) is -0.634. The number of anilines is 1. The molecular formula is C24H23N5O6. The average molecular weight is 477 g/mol. The van der Waals surface area contributed by atoms with Crippen molar-refractivity contribution < 1.29 is 29.0 Å². The molecule has 0 saturated carbocycles. The molecule has 3 amide bonds. The van der Waals surface area contributed by atoms with Gasteiger partial charge in [-0.05, 0) is 22.3 Å². The van der Waals surface area contributed by atoms with Crippen molar-refractivity contribution in [2.45, 2.75) is 5.92 Å². The van der Waals surface area contributed by atoms with E-state index in [1.165, 1.54) is 17.8 Å². The Labute approximate surface area is 200 Å². The maximum Gasteiger partial charge on any atom is 0.407 e. The van der Waals surface area contributed by atoms with E-state index in [9.17, 15) is 19.2 Å². The molecule has 1 aliphatic rings. The minimum atomic E-state index is -1.23. The lowest BCUT2D eigenvalue weighted by molar-refractivity contribution is -0.123. The van der Waals surface area contributed by atoms with Crippen LogP contribution in [0.25, 0.3) is 11.1 Å². The van der Waals surface area contributed by atoms with Crippen LogP contribution in [0.2, 0.25) is 0 Å². The first-order valence-electron chi connectivity index (χ1n) is 10.8. The fourth-order valence-electron chi connectivity index (χ4n) is 3.92. The highest BCUT2D eigenvalue weighted by molar-refractivity contribution is 5.95. The standard InChI is InChI=1S/C24H23N5O6/c1-29-20(10-19(28-29)23(32)33)27-22(31)12-25-21(30)11-26-24(34)35-13-18-16-8-4-2-6-14(16)15-7-3-5-9-17(15)18/h2-10,18H,11-13H2,1H3,(H,25,30)(H,26,34)(H,27,31)(H,32,33). The van der Waals surface area contributed by atoms with Crippen LogP contribution in [0.3, 0.4) is 0 Å². The zero-order valence-electron chi connectivity index (χ0n) is 18.8. The summed E-state index contributed by atoms with van der Waals surface area (Å²) in [6.07, 6.45) is -0.748. The van der Waals surface area contributed by atoms with Crippen LogP contribution in [0.15, 0.2) is 54.6 Å². The second-order valence-electron chi connectivity index (χ2n) is 7.85. The van der Waals surface area contributed by atoms with E-state index < -0.39 is 23.9 Å². The molecule has 11 nitrogen and oxygen atoms in total. The van der Waals surface area contributed by atoms with Gasteiger partial charge in [0.2, 0.25) is 11.8 Å². The molecule has 0 saturated heterocycles. The van der Waals surface area contributed by atoms with Crippen LogP contribution in [-0.2, 0) is 21.4 Å². The minimum absolute atomic E-state index is 0.0979. The van der Waals surface area contributed by atoms with Gasteiger partial charge in [0.15, 0.2) is 5.69 Å². The lowest BCUT2D eigenvalue weighted by Gasteiger charge is -2.14. The molecule has 0 bridgehead atoms. The number of nitrogens with one attached hydrogen (secondary N) is 3. The average Bonchev–Trinajstić information content (AvgIpc) is 3.38. The second kappa shape index (κ2) is 10.1. The Balaban J connectivity index is 1.21. The summed E-state index contributed by atoms with van der Waals surface area (Å²) < 4.78 is 6.56. The first-order chi connectivity index (χ1) is 16.8.